The summed E-state index contributed by atoms with van der Waals surface area (Å²) in [5, 5.41) is 0. The van der Waals surface area contributed by atoms with Crippen LogP contribution in [0.5, 0.6) is 5.75 Å². The van der Waals surface area contributed by atoms with Crippen LogP contribution in [0.25, 0.3) is 0 Å². The molecule has 0 bridgehead atoms. The molecule has 0 aromatic heterocycles. The van der Waals surface area contributed by atoms with Crippen LogP contribution in [0, 0.1) is 0 Å². The molecule has 1 aromatic rings. The van der Waals surface area contributed by atoms with Gasteiger partial charge in [-0.1, -0.05) is 12.1 Å². The van der Waals surface area contributed by atoms with Crippen LogP contribution in [-0.4, -0.2) is 12.8 Å². The first kappa shape index (κ1) is 17.1. The summed E-state index contributed by atoms with van der Waals surface area (Å²) in [5.74, 6) is 0.694. The zero-order valence-corrected chi connectivity index (χ0v) is 10.9. The highest BCUT2D eigenvalue weighted by atomic mass is 35.5. The van der Waals surface area contributed by atoms with Gasteiger partial charge in [0.15, 0.2) is 0 Å². The van der Waals surface area contributed by atoms with Gasteiger partial charge in [-0.25, -0.2) is 0 Å². The maximum absolute atomic E-state index is 12.0. The maximum atomic E-state index is 12.0. The highest BCUT2D eigenvalue weighted by Gasteiger charge is 2.27. The highest BCUT2D eigenvalue weighted by molar-refractivity contribution is 5.85. The Morgan fingerprint density at radius 1 is 1.22 bits per heavy atom. The van der Waals surface area contributed by atoms with Crippen LogP contribution in [0.2, 0.25) is 0 Å². The van der Waals surface area contributed by atoms with Gasteiger partial charge in [-0.2, -0.15) is 13.2 Å². The second-order valence-corrected chi connectivity index (χ2v) is 3.76. The second-order valence-electron chi connectivity index (χ2n) is 3.76. The lowest BCUT2D eigenvalue weighted by atomic mass is 10.0. The van der Waals surface area contributed by atoms with E-state index in [9.17, 15) is 13.2 Å². The number of alkyl halides is 3. The van der Waals surface area contributed by atoms with E-state index in [2.05, 4.69) is 0 Å². The minimum absolute atomic E-state index is 0. The molecular weight excluding hydrogens is 267 g/mol. The van der Waals surface area contributed by atoms with Crippen molar-refractivity contribution in [3.63, 3.8) is 0 Å². The SMILES string of the molecule is CCOc1ccc([C@@H](N)CCC(F)(F)F)cc1.Cl. The fourth-order valence-corrected chi connectivity index (χ4v) is 1.46. The molecule has 6 heteroatoms. The van der Waals surface area contributed by atoms with E-state index in [0.717, 1.165) is 0 Å². The van der Waals surface area contributed by atoms with Gasteiger partial charge in [0.05, 0.1) is 6.61 Å². The molecule has 0 unspecified atom stereocenters. The average molecular weight is 284 g/mol. The van der Waals surface area contributed by atoms with Crippen molar-refractivity contribution in [3.8, 4) is 5.75 Å². The molecule has 0 fully saturated rings. The molecule has 0 amide bonds. The molecule has 2 nitrogen and oxygen atoms in total. The summed E-state index contributed by atoms with van der Waals surface area (Å²) >= 11 is 0. The van der Waals surface area contributed by atoms with Crippen molar-refractivity contribution in [2.75, 3.05) is 6.61 Å². The molecular formula is C12H17ClF3NO. The van der Waals surface area contributed by atoms with E-state index in [4.69, 9.17) is 10.5 Å². The quantitative estimate of drug-likeness (QED) is 0.891. The van der Waals surface area contributed by atoms with Gasteiger partial charge in [0, 0.05) is 12.5 Å². The van der Waals surface area contributed by atoms with Gasteiger partial charge in [0.2, 0.25) is 0 Å². The van der Waals surface area contributed by atoms with Gasteiger partial charge < -0.3 is 10.5 Å². The Morgan fingerprint density at radius 3 is 2.22 bits per heavy atom. The standard InChI is InChI=1S/C12H16F3NO.ClH/c1-2-17-10-5-3-9(4-6-10)11(16)7-8-12(13,14)15;/h3-6,11H,2,7-8,16H2,1H3;1H/t11-;/m0./s1. The van der Waals surface area contributed by atoms with Crippen LogP contribution in [0.15, 0.2) is 24.3 Å². The smallest absolute Gasteiger partial charge is 0.389 e. The van der Waals surface area contributed by atoms with Gasteiger partial charge in [0.1, 0.15) is 5.75 Å². The molecule has 18 heavy (non-hydrogen) atoms. The van der Waals surface area contributed by atoms with Crippen molar-refractivity contribution < 1.29 is 17.9 Å². The molecule has 104 valence electrons. The summed E-state index contributed by atoms with van der Waals surface area (Å²) in [4.78, 5) is 0. The first-order chi connectivity index (χ1) is 7.92. The molecule has 0 heterocycles. The number of ether oxygens (including phenoxy) is 1. The van der Waals surface area contributed by atoms with Crippen LogP contribution in [0.1, 0.15) is 31.4 Å². The summed E-state index contributed by atoms with van der Waals surface area (Å²) in [6.45, 7) is 2.42. The second kappa shape index (κ2) is 7.48. The van der Waals surface area contributed by atoms with Gasteiger partial charge in [-0.05, 0) is 31.0 Å². The Kier molecular flexibility index (Phi) is 7.09. The number of hydrogen-bond donors (Lipinski definition) is 1. The summed E-state index contributed by atoms with van der Waals surface area (Å²) in [7, 11) is 0. The van der Waals surface area contributed by atoms with E-state index in [1.807, 2.05) is 6.92 Å². The van der Waals surface area contributed by atoms with Gasteiger partial charge in [0.25, 0.3) is 0 Å². The van der Waals surface area contributed by atoms with Crippen molar-refractivity contribution in [2.24, 2.45) is 5.73 Å². The van der Waals surface area contributed by atoms with Gasteiger partial charge >= 0.3 is 6.18 Å². The third-order valence-electron chi connectivity index (χ3n) is 2.36. The fraction of sp³-hybridized carbons (Fsp3) is 0.500. The Morgan fingerprint density at radius 2 is 1.78 bits per heavy atom. The van der Waals surface area contributed by atoms with E-state index in [0.29, 0.717) is 17.9 Å². The zero-order valence-electron chi connectivity index (χ0n) is 10.0. The van der Waals surface area contributed by atoms with Gasteiger partial charge in [-0.3, -0.25) is 0 Å². The minimum atomic E-state index is -4.15. The zero-order chi connectivity index (χ0) is 12.9. The number of nitrogens with two attached hydrogens (primary N) is 1. The normalized spacial score (nSPS) is 12.7. The molecule has 0 aliphatic rings. The molecule has 2 N–H and O–H groups in total. The number of halogens is 4. The van der Waals surface area contributed by atoms with Crippen molar-refractivity contribution in [2.45, 2.75) is 32.0 Å². The van der Waals surface area contributed by atoms with Crippen LogP contribution in [0.3, 0.4) is 0 Å². The van der Waals surface area contributed by atoms with E-state index in [-0.39, 0.29) is 18.8 Å². The Bertz CT molecular complexity index is 340. The summed E-state index contributed by atoms with van der Waals surface area (Å²) in [6, 6.07) is 6.24. The fourth-order valence-electron chi connectivity index (χ4n) is 1.46. The number of rotatable bonds is 5. The Labute approximate surface area is 111 Å². The molecule has 0 radical (unpaired) electrons. The molecule has 1 aromatic carbocycles. The lowest BCUT2D eigenvalue weighted by Gasteiger charge is -2.14. The summed E-state index contributed by atoms with van der Waals surface area (Å²) in [6.07, 6.45) is -5.11. The molecule has 0 aliphatic heterocycles. The van der Waals surface area contributed by atoms with Crippen LogP contribution in [-0.2, 0) is 0 Å². The van der Waals surface area contributed by atoms with Crippen molar-refractivity contribution in [1.82, 2.24) is 0 Å². The Balaban J connectivity index is 0.00000289. The third-order valence-corrected chi connectivity index (χ3v) is 2.36. The predicted molar refractivity (Wildman–Crippen MR) is 67.1 cm³/mol. The van der Waals surface area contributed by atoms with Crippen LogP contribution in [0.4, 0.5) is 13.2 Å². The average Bonchev–Trinajstić information content (AvgIpc) is 2.26. The summed E-state index contributed by atoms with van der Waals surface area (Å²) in [5.41, 5.74) is 6.38. The Hall–Kier alpha value is -0.940. The van der Waals surface area contributed by atoms with E-state index in [1.54, 1.807) is 24.3 Å². The monoisotopic (exact) mass is 283 g/mol. The lowest BCUT2D eigenvalue weighted by Crippen LogP contribution is -2.15. The first-order valence-corrected chi connectivity index (χ1v) is 5.47. The van der Waals surface area contributed by atoms with E-state index >= 15 is 0 Å². The van der Waals surface area contributed by atoms with Gasteiger partial charge in [-0.15, -0.1) is 12.4 Å². The topological polar surface area (TPSA) is 35.2 Å². The summed E-state index contributed by atoms with van der Waals surface area (Å²) < 4.78 is 41.3. The van der Waals surface area contributed by atoms with Crippen LogP contribution >= 0.6 is 12.4 Å². The lowest BCUT2D eigenvalue weighted by molar-refractivity contribution is -0.136. The van der Waals surface area contributed by atoms with E-state index in [1.165, 1.54) is 0 Å². The molecule has 0 aliphatic carbocycles. The van der Waals surface area contributed by atoms with Crippen molar-refractivity contribution in [1.29, 1.82) is 0 Å². The maximum Gasteiger partial charge on any atom is 0.389 e. The minimum Gasteiger partial charge on any atom is -0.494 e. The molecule has 1 atom stereocenters. The first-order valence-electron chi connectivity index (χ1n) is 5.47. The number of hydrogen-bond acceptors (Lipinski definition) is 2. The predicted octanol–water partition coefficient (Wildman–Crippen LogP) is 3.85. The highest BCUT2D eigenvalue weighted by Crippen LogP contribution is 2.27. The molecule has 0 spiro atoms. The van der Waals surface area contributed by atoms with Crippen molar-refractivity contribution in [3.05, 3.63) is 29.8 Å². The number of benzene rings is 1. The van der Waals surface area contributed by atoms with E-state index < -0.39 is 18.6 Å². The molecule has 0 saturated heterocycles. The van der Waals surface area contributed by atoms with Crippen molar-refractivity contribution >= 4 is 12.4 Å². The third kappa shape index (κ3) is 6.12. The molecule has 0 saturated carbocycles. The largest absolute Gasteiger partial charge is 0.494 e. The molecule has 1 rings (SSSR count). The van der Waals surface area contributed by atoms with Crippen LogP contribution < -0.4 is 10.5 Å².